The Morgan fingerprint density at radius 3 is 2.71 bits per heavy atom. The van der Waals surface area contributed by atoms with Gasteiger partial charge in [0.25, 0.3) is 0 Å². The lowest BCUT2D eigenvalue weighted by Gasteiger charge is -2.61. The molecule has 3 aliphatic rings. The molecular formula is C18H21N3O2S. The Balaban J connectivity index is 1.45. The van der Waals surface area contributed by atoms with Crippen molar-refractivity contribution >= 4 is 17.3 Å². The smallest absolute Gasteiger partial charge is 0.358 e. The predicted octanol–water partition coefficient (Wildman–Crippen LogP) is 3.83. The second kappa shape index (κ2) is 5.62. The van der Waals surface area contributed by atoms with Crippen molar-refractivity contribution in [3.63, 3.8) is 0 Å². The van der Waals surface area contributed by atoms with Crippen molar-refractivity contribution < 1.29 is 9.53 Å². The van der Waals surface area contributed by atoms with E-state index in [1.807, 2.05) is 0 Å². The van der Waals surface area contributed by atoms with E-state index >= 15 is 0 Å². The highest BCUT2D eigenvalue weighted by Gasteiger charge is 2.57. The van der Waals surface area contributed by atoms with E-state index in [4.69, 9.17) is 4.74 Å². The maximum atomic E-state index is 12.5. The van der Waals surface area contributed by atoms with Crippen molar-refractivity contribution in [1.29, 1.82) is 0 Å². The lowest BCUT2D eigenvalue weighted by Crippen LogP contribution is -2.57. The quantitative estimate of drug-likeness (QED) is 0.793. The molecule has 5 rings (SSSR count). The molecule has 3 aliphatic carbocycles. The van der Waals surface area contributed by atoms with Crippen LogP contribution in [0, 0.1) is 23.2 Å². The number of esters is 1. The molecule has 3 saturated carbocycles. The van der Waals surface area contributed by atoms with E-state index in [9.17, 15) is 4.79 Å². The highest BCUT2D eigenvalue weighted by molar-refractivity contribution is 7.13. The summed E-state index contributed by atoms with van der Waals surface area (Å²) in [5.74, 6) is 1.93. The molecule has 0 saturated heterocycles. The van der Waals surface area contributed by atoms with Crippen LogP contribution >= 0.6 is 11.3 Å². The molecule has 0 unspecified atom stereocenters. The molecule has 0 amide bonds. The summed E-state index contributed by atoms with van der Waals surface area (Å²) in [4.78, 5) is 25.1. The molecular weight excluding hydrogens is 322 g/mol. The highest BCUT2D eigenvalue weighted by atomic mass is 32.1. The Morgan fingerprint density at radius 1 is 1.29 bits per heavy atom. The summed E-state index contributed by atoms with van der Waals surface area (Å²) in [6, 6.07) is 1.75. The third kappa shape index (κ3) is 2.44. The Labute approximate surface area is 145 Å². The summed E-state index contributed by atoms with van der Waals surface area (Å²) < 4.78 is 5.80. The van der Waals surface area contributed by atoms with Gasteiger partial charge < -0.3 is 4.74 Å². The van der Waals surface area contributed by atoms with Crippen molar-refractivity contribution in [3.05, 3.63) is 29.5 Å². The Kier molecular flexibility index (Phi) is 3.67. The first kappa shape index (κ1) is 15.7. The molecule has 2 aromatic heterocycles. The fourth-order valence-corrected chi connectivity index (χ4v) is 5.07. The predicted molar refractivity (Wildman–Crippen MR) is 91.5 cm³/mol. The fraction of sp³-hybridized carbons (Fsp3) is 0.556. The summed E-state index contributed by atoms with van der Waals surface area (Å²) >= 11 is 1.37. The lowest BCUT2D eigenvalue weighted by atomic mass is 9.45. The zero-order valence-corrected chi connectivity index (χ0v) is 14.9. The van der Waals surface area contributed by atoms with Crippen molar-refractivity contribution in [1.82, 2.24) is 15.0 Å². The zero-order chi connectivity index (χ0) is 16.9. The maximum Gasteiger partial charge on any atom is 0.358 e. The summed E-state index contributed by atoms with van der Waals surface area (Å²) in [6.45, 7) is 6.89. The van der Waals surface area contributed by atoms with Gasteiger partial charge >= 0.3 is 5.97 Å². The van der Waals surface area contributed by atoms with Gasteiger partial charge in [-0.25, -0.2) is 19.7 Å². The zero-order valence-electron chi connectivity index (χ0n) is 14.1. The molecule has 0 aliphatic heterocycles. The lowest BCUT2D eigenvalue weighted by molar-refractivity contribution is -0.156. The van der Waals surface area contributed by atoms with Gasteiger partial charge in [-0.1, -0.05) is 20.8 Å². The number of thiazole rings is 1. The van der Waals surface area contributed by atoms with E-state index in [0.717, 1.165) is 6.42 Å². The molecule has 0 radical (unpaired) electrons. The summed E-state index contributed by atoms with van der Waals surface area (Å²) in [7, 11) is 0. The molecule has 0 aromatic carbocycles. The van der Waals surface area contributed by atoms with E-state index in [1.165, 1.54) is 17.8 Å². The average molecular weight is 343 g/mol. The van der Waals surface area contributed by atoms with Crippen molar-refractivity contribution in [3.8, 4) is 10.8 Å². The highest BCUT2D eigenvalue weighted by Crippen LogP contribution is 2.61. The number of hydrogen-bond donors (Lipinski definition) is 0. The Bertz CT molecular complexity index is 759. The summed E-state index contributed by atoms with van der Waals surface area (Å²) in [5, 5.41) is 2.37. The maximum absolute atomic E-state index is 12.5. The van der Waals surface area contributed by atoms with Crippen LogP contribution in [-0.2, 0) is 4.74 Å². The van der Waals surface area contributed by atoms with E-state index in [2.05, 4.69) is 35.7 Å². The number of aromatic nitrogens is 3. The normalized spacial score (nSPS) is 30.5. The SMILES string of the molecule is C[C@H]1[C@H]2C[C@H](C[C@H]1OC(=O)c1csc(-c3ncccn3)n1)C2(C)C. The second-order valence-electron chi connectivity index (χ2n) is 7.51. The van der Waals surface area contributed by atoms with Crippen LogP contribution in [0.4, 0.5) is 0 Å². The van der Waals surface area contributed by atoms with Gasteiger partial charge in [-0.15, -0.1) is 11.3 Å². The first-order valence-corrected chi connectivity index (χ1v) is 9.28. The molecule has 4 atom stereocenters. The molecule has 2 heterocycles. The number of ether oxygens (including phenoxy) is 1. The molecule has 5 nitrogen and oxygen atoms in total. The van der Waals surface area contributed by atoms with Gasteiger partial charge in [0.1, 0.15) is 6.10 Å². The molecule has 2 aromatic rings. The van der Waals surface area contributed by atoms with Crippen LogP contribution in [0.2, 0.25) is 0 Å². The van der Waals surface area contributed by atoms with Crippen LogP contribution in [0.25, 0.3) is 10.8 Å². The van der Waals surface area contributed by atoms with Gasteiger partial charge in [-0.05, 0) is 42.1 Å². The minimum Gasteiger partial charge on any atom is -0.457 e. The van der Waals surface area contributed by atoms with Gasteiger partial charge in [0.2, 0.25) is 0 Å². The molecule has 126 valence electrons. The first-order valence-electron chi connectivity index (χ1n) is 8.40. The van der Waals surface area contributed by atoms with E-state index < -0.39 is 0 Å². The molecule has 24 heavy (non-hydrogen) atoms. The van der Waals surface area contributed by atoms with E-state index in [-0.39, 0.29) is 12.1 Å². The van der Waals surface area contributed by atoms with E-state index in [0.29, 0.717) is 39.7 Å². The number of hydrogen-bond acceptors (Lipinski definition) is 6. The van der Waals surface area contributed by atoms with Crippen molar-refractivity contribution in [2.24, 2.45) is 23.2 Å². The monoisotopic (exact) mass is 343 g/mol. The molecule has 2 bridgehead atoms. The van der Waals surface area contributed by atoms with Crippen LogP contribution in [-0.4, -0.2) is 27.0 Å². The molecule has 0 spiro atoms. The number of rotatable bonds is 3. The van der Waals surface area contributed by atoms with Crippen LogP contribution in [0.15, 0.2) is 23.8 Å². The molecule has 6 heteroatoms. The Hall–Kier alpha value is -1.82. The second-order valence-corrected chi connectivity index (χ2v) is 8.37. The van der Waals surface area contributed by atoms with Crippen molar-refractivity contribution in [2.75, 3.05) is 0 Å². The minimum absolute atomic E-state index is 0.00685. The molecule has 3 fully saturated rings. The number of carbonyl (C=O) groups is 1. The van der Waals surface area contributed by atoms with Crippen molar-refractivity contribution in [2.45, 2.75) is 39.7 Å². The van der Waals surface area contributed by atoms with Gasteiger partial charge in [-0.3, -0.25) is 0 Å². The molecule has 0 N–H and O–H groups in total. The third-order valence-electron chi connectivity index (χ3n) is 6.01. The standard InChI is InChI=1S/C18H21N3O2S/c1-10-12-7-11(18(12,2)3)8-14(10)23-17(22)13-9-24-16(21-13)15-19-5-4-6-20-15/h4-6,9-12,14H,7-8H2,1-3H3/t10-,11+,12+,14+/m0/s1. The largest absolute Gasteiger partial charge is 0.457 e. The average Bonchev–Trinajstić information content (AvgIpc) is 3.07. The van der Waals surface area contributed by atoms with Crippen LogP contribution in [0.5, 0.6) is 0 Å². The number of carbonyl (C=O) groups excluding carboxylic acids is 1. The fourth-order valence-electron chi connectivity index (χ4n) is 4.34. The summed E-state index contributed by atoms with van der Waals surface area (Å²) in [6.07, 6.45) is 5.58. The number of nitrogens with zero attached hydrogens (tertiary/aromatic N) is 3. The Morgan fingerprint density at radius 2 is 2.04 bits per heavy atom. The van der Waals surface area contributed by atoms with Crippen LogP contribution in [0.1, 0.15) is 44.1 Å². The summed E-state index contributed by atoms with van der Waals surface area (Å²) in [5.41, 5.74) is 0.744. The number of fused-ring (bicyclic) bond motifs is 2. The minimum atomic E-state index is -0.329. The van der Waals surface area contributed by atoms with E-state index in [1.54, 1.807) is 23.8 Å². The van der Waals surface area contributed by atoms with Crippen LogP contribution in [0.3, 0.4) is 0 Å². The van der Waals surface area contributed by atoms with Gasteiger partial charge in [-0.2, -0.15) is 0 Å². The van der Waals surface area contributed by atoms with Gasteiger partial charge in [0, 0.05) is 17.8 Å². The van der Waals surface area contributed by atoms with Gasteiger partial charge in [0.05, 0.1) is 0 Å². The van der Waals surface area contributed by atoms with Gasteiger partial charge in [0.15, 0.2) is 16.5 Å². The van der Waals surface area contributed by atoms with Crippen LogP contribution < -0.4 is 0 Å². The third-order valence-corrected chi connectivity index (χ3v) is 6.85. The first-order chi connectivity index (χ1) is 11.5. The topological polar surface area (TPSA) is 65.0 Å².